The number of likely N-dealkylation sites (N-methyl/N-ethyl adjacent to an activating group) is 1. The Balaban J connectivity index is 1.82. The molecule has 1 aromatic heterocycles. The average Bonchev–Trinajstić information content (AvgIpc) is 2.64. The Morgan fingerprint density at radius 1 is 1.04 bits per heavy atom. The van der Waals surface area contributed by atoms with Crippen molar-refractivity contribution in [2.75, 3.05) is 19.3 Å². The number of hydrogen-bond donors (Lipinski definition) is 1. The fourth-order valence-electron chi connectivity index (χ4n) is 3.15. The third kappa shape index (κ3) is 3.54. The predicted octanol–water partition coefficient (Wildman–Crippen LogP) is 1.13. The second kappa shape index (κ2) is 7.20. The molecule has 3 aromatic rings. The van der Waals surface area contributed by atoms with Crippen LogP contribution in [0, 0.1) is 0 Å². The van der Waals surface area contributed by atoms with Gasteiger partial charge in [0, 0.05) is 20.6 Å². The van der Waals surface area contributed by atoms with Gasteiger partial charge in [0.2, 0.25) is 0 Å². The number of ketones is 1. The van der Waals surface area contributed by atoms with E-state index in [9.17, 15) is 14.4 Å². The molecule has 0 radical (unpaired) electrons. The minimum atomic E-state index is -0.667. The normalized spacial score (nSPS) is 11.3. The lowest BCUT2D eigenvalue weighted by Gasteiger charge is -2.17. The zero-order chi connectivity index (χ0) is 19.7. The number of anilines is 1. The van der Waals surface area contributed by atoms with E-state index in [1.807, 2.05) is 41.3 Å². The second-order valence-electron chi connectivity index (χ2n) is 6.74. The summed E-state index contributed by atoms with van der Waals surface area (Å²) in [6.45, 7) is 0.563. The number of carbonyl (C=O) groups excluding carboxylic acids is 1. The molecule has 0 atom stereocenters. The highest BCUT2D eigenvalue weighted by Crippen LogP contribution is 2.16. The van der Waals surface area contributed by atoms with Crippen LogP contribution in [0.15, 0.2) is 52.1 Å². The Kier molecular flexibility index (Phi) is 4.96. The molecule has 7 nitrogen and oxygen atoms in total. The second-order valence-corrected chi connectivity index (χ2v) is 6.74. The summed E-state index contributed by atoms with van der Waals surface area (Å²) in [4.78, 5) is 38.7. The fourth-order valence-corrected chi connectivity index (χ4v) is 3.15. The molecule has 0 fully saturated rings. The molecule has 7 heteroatoms. The first-order chi connectivity index (χ1) is 12.8. The van der Waals surface area contributed by atoms with Crippen LogP contribution in [0.2, 0.25) is 0 Å². The monoisotopic (exact) mass is 366 g/mol. The smallest absolute Gasteiger partial charge is 0.332 e. The Morgan fingerprint density at radius 3 is 2.41 bits per heavy atom. The molecule has 140 valence electrons. The molecule has 2 aromatic carbocycles. The number of nitrogens with two attached hydrogens (primary N) is 1. The van der Waals surface area contributed by atoms with Gasteiger partial charge in [-0.3, -0.25) is 23.6 Å². The van der Waals surface area contributed by atoms with Crippen LogP contribution in [0.5, 0.6) is 0 Å². The van der Waals surface area contributed by atoms with Gasteiger partial charge >= 0.3 is 5.69 Å². The summed E-state index contributed by atoms with van der Waals surface area (Å²) < 4.78 is 2.00. The van der Waals surface area contributed by atoms with E-state index >= 15 is 0 Å². The molecular formula is C20H22N4O3. The molecule has 0 amide bonds. The number of rotatable bonds is 5. The molecule has 0 saturated heterocycles. The standard InChI is InChI=1S/C20H22N4O3/c1-22(11-13-8-9-14-6-4-5-7-15(14)10-13)12-16(25)17-18(21)23(2)20(27)24(3)19(17)26/h4-10H,11-12,21H2,1-3H3. The van der Waals surface area contributed by atoms with E-state index in [0.29, 0.717) is 6.54 Å². The van der Waals surface area contributed by atoms with Gasteiger partial charge in [0.05, 0.1) is 6.54 Å². The van der Waals surface area contributed by atoms with E-state index in [1.165, 1.54) is 14.1 Å². The van der Waals surface area contributed by atoms with Gasteiger partial charge in [0.15, 0.2) is 5.78 Å². The Bertz CT molecular complexity index is 1140. The number of benzene rings is 2. The van der Waals surface area contributed by atoms with Crippen molar-refractivity contribution in [2.45, 2.75) is 6.54 Å². The Labute approximate surface area is 156 Å². The number of aromatic nitrogens is 2. The van der Waals surface area contributed by atoms with Gasteiger partial charge in [-0.05, 0) is 29.4 Å². The molecule has 3 rings (SSSR count). The highest BCUT2D eigenvalue weighted by molar-refractivity contribution is 6.01. The summed E-state index contributed by atoms with van der Waals surface area (Å²) in [5.74, 6) is -0.515. The first-order valence-electron chi connectivity index (χ1n) is 8.54. The van der Waals surface area contributed by atoms with E-state index < -0.39 is 17.0 Å². The lowest BCUT2D eigenvalue weighted by Crippen LogP contribution is -2.43. The van der Waals surface area contributed by atoms with E-state index in [4.69, 9.17) is 5.73 Å². The van der Waals surface area contributed by atoms with Crippen molar-refractivity contribution < 1.29 is 4.79 Å². The van der Waals surface area contributed by atoms with Gasteiger partial charge < -0.3 is 5.73 Å². The average molecular weight is 366 g/mol. The first-order valence-corrected chi connectivity index (χ1v) is 8.54. The van der Waals surface area contributed by atoms with Crippen LogP contribution in [-0.2, 0) is 20.6 Å². The third-order valence-electron chi connectivity index (χ3n) is 4.67. The summed E-state index contributed by atoms with van der Waals surface area (Å²) in [5.41, 5.74) is 5.54. The van der Waals surface area contributed by atoms with Crippen LogP contribution in [0.4, 0.5) is 5.82 Å². The summed E-state index contributed by atoms with van der Waals surface area (Å²) in [7, 11) is 4.57. The van der Waals surface area contributed by atoms with Gasteiger partial charge in [-0.1, -0.05) is 36.4 Å². The van der Waals surface area contributed by atoms with Crippen LogP contribution in [0.25, 0.3) is 10.8 Å². The van der Waals surface area contributed by atoms with Gasteiger partial charge in [-0.2, -0.15) is 0 Å². The van der Waals surface area contributed by atoms with Crippen LogP contribution in [0.3, 0.4) is 0 Å². The largest absolute Gasteiger partial charge is 0.384 e. The van der Waals surface area contributed by atoms with Crippen LogP contribution < -0.4 is 17.0 Å². The molecule has 0 unspecified atom stereocenters. The quantitative estimate of drug-likeness (QED) is 0.684. The Morgan fingerprint density at radius 2 is 1.70 bits per heavy atom. The van der Waals surface area contributed by atoms with E-state index in [1.54, 1.807) is 7.05 Å². The van der Waals surface area contributed by atoms with Crippen molar-refractivity contribution in [3.8, 4) is 0 Å². The summed E-state index contributed by atoms with van der Waals surface area (Å²) in [6, 6.07) is 14.2. The van der Waals surface area contributed by atoms with Gasteiger partial charge in [-0.15, -0.1) is 0 Å². The predicted molar refractivity (Wildman–Crippen MR) is 106 cm³/mol. The lowest BCUT2D eigenvalue weighted by molar-refractivity contribution is 0.0941. The van der Waals surface area contributed by atoms with Crippen molar-refractivity contribution >= 4 is 22.4 Å². The SMILES string of the molecule is CN(CC(=O)c1c(N)n(C)c(=O)n(C)c1=O)Cc1ccc2ccccc2c1. The van der Waals surface area contributed by atoms with Crippen molar-refractivity contribution in [3.05, 3.63) is 74.4 Å². The van der Waals surface area contributed by atoms with E-state index in [-0.39, 0.29) is 17.9 Å². The maximum absolute atomic E-state index is 12.7. The van der Waals surface area contributed by atoms with Crippen molar-refractivity contribution in [1.82, 2.24) is 14.0 Å². The van der Waals surface area contributed by atoms with Crippen molar-refractivity contribution in [3.63, 3.8) is 0 Å². The molecule has 27 heavy (non-hydrogen) atoms. The van der Waals surface area contributed by atoms with Crippen LogP contribution >= 0.6 is 0 Å². The van der Waals surface area contributed by atoms with Crippen LogP contribution in [-0.4, -0.2) is 33.4 Å². The molecule has 0 aliphatic rings. The zero-order valence-corrected chi connectivity index (χ0v) is 15.6. The molecular weight excluding hydrogens is 344 g/mol. The first kappa shape index (κ1) is 18.6. The zero-order valence-electron chi connectivity index (χ0n) is 15.6. The molecule has 0 bridgehead atoms. The summed E-state index contributed by atoms with van der Waals surface area (Å²) in [5, 5.41) is 2.28. The van der Waals surface area contributed by atoms with E-state index in [2.05, 4.69) is 6.07 Å². The highest BCUT2D eigenvalue weighted by Gasteiger charge is 2.21. The number of carbonyl (C=O) groups is 1. The fraction of sp³-hybridized carbons (Fsp3) is 0.250. The van der Waals surface area contributed by atoms with Crippen molar-refractivity contribution in [2.24, 2.45) is 14.1 Å². The topological polar surface area (TPSA) is 90.3 Å². The number of fused-ring (bicyclic) bond motifs is 1. The number of Topliss-reactive ketones (excluding diaryl/α,β-unsaturated/α-hetero) is 1. The Hall–Kier alpha value is -3.19. The highest BCUT2D eigenvalue weighted by atomic mass is 16.2. The lowest BCUT2D eigenvalue weighted by atomic mass is 10.1. The summed E-state index contributed by atoms with van der Waals surface area (Å²) in [6.07, 6.45) is 0. The molecule has 0 spiro atoms. The summed E-state index contributed by atoms with van der Waals surface area (Å²) >= 11 is 0. The van der Waals surface area contributed by atoms with Crippen molar-refractivity contribution in [1.29, 1.82) is 0 Å². The molecule has 1 heterocycles. The minimum absolute atomic E-state index is 0.0183. The van der Waals surface area contributed by atoms with Gasteiger partial charge in [0.1, 0.15) is 11.4 Å². The maximum Gasteiger partial charge on any atom is 0.332 e. The minimum Gasteiger partial charge on any atom is -0.384 e. The van der Waals surface area contributed by atoms with Gasteiger partial charge in [-0.25, -0.2) is 4.79 Å². The molecule has 2 N–H and O–H groups in total. The maximum atomic E-state index is 12.7. The number of hydrogen-bond acceptors (Lipinski definition) is 5. The van der Waals surface area contributed by atoms with E-state index in [0.717, 1.165) is 25.5 Å². The molecule has 0 aliphatic heterocycles. The third-order valence-corrected chi connectivity index (χ3v) is 4.67. The molecule has 0 aliphatic carbocycles. The molecule has 0 saturated carbocycles. The van der Waals surface area contributed by atoms with Gasteiger partial charge in [0.25, 0.3) is 5.56 Å². The number of nitrogens with zero attached hydrogens (tertiary/aromatic N) is 3. The van der Waals surface area contributed by atoms with Crippen LogP contribution in [0.1, 0.15) is 15.9 Å². The number of nitrogen functional groups attached to an aromatic ring is 1.